The Kier molecular flexibility index (Phi) is 5.18. The highest BCUT2D eigenvalue weighted by Gasteiger charge is 2.15. The van der Waals surface area contributed by atoms with Gasteiger partial charge in [-0.3, -0.25) is 0 Å². The summed E-state index contributed by atoms with van der Waals surface area (Å²) in [4.78, 5) is 0. The minimum absolute atomic E-state index is 0.136. The van der Waals surface area contributed by atoms with Gasteiger partial charge in [0.15, 0.2) is 0 Å². The molecule has 1 atom stereocenters. The Bertz CT molecular complexity index is 328. The van der Waals surface area contributed by atoms with Crippen molar-refractivity contribution in [3.63, 3.8) is 0 Å². The molecule has 0 bridgehead atoms. The minimum Gasteiger partial charge on any atom is -0.464 e. The van der Waals surface area contributed by atoms with E-state index in [-0.39, 0.29) is 11.7 Å². The predicted molar refractivity (Wildman–Crippen MR) is 66.9 cm³/mol. The van der Waals surface area contributed by atoms with E-state index in [2.05, 4.69) is 0 Å². The van der Waals surface area contributed by atoms with Crippen LogP contribution in [0.2, 0.25) is 0 Å². The van der Waals surface area contributed by atoms with Crippen molar-refractivity contribution in [2.75, 3.05) is 19.8 Å². The van der Waals surface area contributed by atoms with Crippen molar-refractivity contribution in [3.8, 4) is 0 Å². The summed E-state index contributed by atoms with van der Waals surface area (Å²) in [6.45, 7) is 9.43. The van der Waals surface area contributed by atoms with Crippen LogP contribution in [0.1, 0.15) is 38.4 Å². The maximum atomic E-state index is 5.66. The van der Waals surface area contributed by atoms with Crippen LogP contribution in [0.25, 0.3) is 0 Å². The number of hydrogen-bond donors (Lipinski definition) is 1. The van der Waals surface area contributed by atoms with Gasteiger partial charge in [-0.05, 0) is 39.8 Å². The highest BCUT2D eigenvalue weighted by molar-refractivity contribution is 5.08. The number of aryl methyl sites for hydroxylation is 1. The lowest BCUT2D eigenvalue weighted by molar-refractivity contribution is -0.0540. The third-order valence-corrected chi connectivity index (χ3v) is 2.23. The van der Waals surface area contributed by atoms with Gasteiger partial charge in [0.05, 0.1) is 18.8 Å². The second kappa shape index (κ2) is 6.19. The van der Waals surface area contributed by atoms with Crippen LogP contribution in [0, 0.1) is 6.92 Å². The summed E-state index contributed by atoms with van der Waals surface area (Å²) >= 11 is 0. The second-order valence-corrected chi connectivity index (χ2v) is 5.00. The van der Waals surface area contributed by atoms with Crippen molar-refractivity contribution >= 4 is 0 Å². The van der Waals surface area contributed by atoms with Crippen LogP contribution in [-0.4, -0.2) is 25.4 Å². The number of furan rings is 1. The fourth-order valence-corrected chi connectivity index (χ4v) is 1.43. The smallest absolute Gasteiger partial charge is 0.134 e. The molecule has 0 radical (unpaired) electrons. The molecule has 1 aromatic rings. The molecule has 0 saturated heterocycles. The molecule has 0 fully saturated rings. The molecule has 0 saturated carbocycles. The van der Waals surface area contributed by atoms with E-state index in [1.165, 1.54) is 0 Å². The minimum atomic E-state index is -0.188. The lowest BCUT2D eigenvalue weighted by Crippen LogP contribution is -2.23. The fourth-order valence-electron chi connectivity index (χ4n) is 1.43. The first-order valence-electron chi connectivity index (χ1n) is 5.94. The predicted octanol–water partition coefficient (Wildman–Crippen LogP) is 2.42. The lowest BCUT2D eigenvalue weighted by atomic mass is 10.2. The summed E-state index contributed by atoms with van der Waals surface area (Å²) in [5, 5.41) is 0. The van der Waals surface area contributed by atoms with E-state index in [4.69, 9.17) is 19.6 Å². The van der Waals surface area contributed by atoms with E-state index in [1.54, 1.807) is 0 Å². The molecule has 0 aromatic carbocycles. The molecule has 1 unspecified atom stereocenters. The topological polar surface area (TPSA) is 57.6 Å². The maximum absolute atomic E-state index is 5.66. The van der Waals surface area contributed by atoms with Gasteiger partial charge in [0.25, 0.3) is 0 Å². The molecule has 2 N–H and O–H groups in total. The van der Waals surface area contributed by atoms with Crippen molar-refractivity contribution < 1.29 is 13.9 Å². The Hall–Kier alpha value is -0.840. The highest BCUT2D eigenvalue weighted by Crippen LogP contribution is 2.19. The van der Waals surface area contributed by atoms with Crippen molar-refractivity contribution in [1.82, 2.24) is 0 Å². The third-order valence-electron chi connectivity index (χ3n) is 2.23. The summed E-state index contributed by atoms with van der Waals surface area (Å²) in [5.74, 6) is 1.65. The summed E-state index contributed by atoms with van der Waals surface area (Å²) in [5.41, 5.74) is 5.52. The molecule has 98 valence electrons. The van der Waals surface area contributed by atoms with Crippen LogP contribution >= 0.6 is 0 Å². The largest absolute Gasteiger partial charge is 0.464 e. The first-order valence-corrected chi connectivity index (χ1v) is 5.94. The molecular weight excluding hydrogens is 218 g/mol. The zero-order valence-electron chi connectivity index (χ0n) is 11.2. The van der Waals surface area contributed by atoms with E-state index in [9.17, 15) is 0 Å². The first-order chi connectivity index (χ1) is 7.92. The van der Waals surface area contributed by atoms with Gasteiger partial charge in [-0.25, -0.2) is 0 Å². The molecule has 0 amide bonds. The number of rotatable bonds is 6. The highest BCUT2D eigenvalue weighted by atomic mass is 16.5. The Morgan fingerprint density at radius 3 is 2.47 bits per heavy atom. The average Bonchev–Trinajstić information content (AvgIpc) is 2.63. The SMILES string of the molecule is Cc1ccc(C(CN)OCCOC(C)(C)C)o1. The average molecular weight is 241 g/mol. The summed E-state index contributed by atoms with van der Waals surface area (Å²) in [7, 11) is 0. The Labute approximate surface area is 103 Å². The lowest BCUT2D eigenvalue weighted by Gasteiger charge is -2.20. The number of ether oxygens (including phenoxy) is 2. The van der Waals surface area contributed by atoms with E-state index < -0.39 is 0 Å². The molecule has 4 heteroatoms. The zero-order chi connectivity index (χ0) is 12.9. The van der Waals surface area contributed by atoms with Gasteiger partial charge in [-0.15, -0.1) is 0 Å². The van der Waals surface area contributed by atoms with Gasteiger partial charge < -0.3 is 19.6 Å². The molecule has 0 aliphatic carbocycles. The molecule has 17 heavy (non-hydrogen) atoms. The van der Waals surface area contributed by atoms with Crippen molar-refractivity contribution in [2.45, 2.75) is 39.4 Å². The van der Waals surface area contributed by atoms with E-state index in [0.717, 1.165) is 11.5 Å². The Morgan fingerprint density at radius 2 is 2.00 bits per heavy atom. The molecule has 1 aromatic heterocycles. The van der Waals surface area contributed by atoms with Crippen LogP contribution in [-0.2, 0) is 9.47 Å². The monoisotopic (exact) mass is 241 g/mol. The van der Waals surface area contributed by atoms with Gasteiger partial charge in [0.1, 0.15) is 17.6 Å². The summed E-state index contributed by atoms with van der Waals surface area (Å²) < 4.78 is 16.7. The maximum Gasteiger partial charge on any atom is 0.134 e. The van der Waals surface area contributed by atoms with Crippen LogP contribution < -0.4 is 5.73 Å². The molecule has 0 aliphatic heterocycles. The molecule has 0 spiro atoms. The summed E-state index contributed by atoms with van der Waals surface area (Å²) in [6, 6.07) is 3.81. The number of hydrogen-bond acceptors (Lipinski definition) is 4. The van der Waals surface area contributed by atoms with Gasteiger partial charge in [0.2, 0.25) is 0 Å². The quantitative estimate of drug-likeness (QED) is 0.777. The molecule has 4 nitrogen and oxygen atoms in total. The third kappa shape index (κ3) is 5.35. The van der Waals surface area contributed by atoms with Crippen LogP contribution in [0.4, 0.5) is 0 Å². The first kappa shape index (κ1) is 14.2. The van der Waals surface area contributed by atoms with Gasteiger partial charge in [-0.2, -0.15) is 0 Å². The molecule has 1 rings (SSSR count). The number of nitrogens with two attached hydrogens (primary N) is 1. The van der Waals surface area contributed by atoms with Crippen molar-refractivity contribution in [3.05, 3.63) is 23.7 Å². The van der Waals surface area contributed by atoms with Gasteiger partial charge >= 0.3 is 0 Å². The van der Waals surface area contributed by atoms with Crippen LogP contribution in [0.3, 0.4) is 0 Å². The zero-order valence-corrected chi connectivity index (χ0v) is 11.2. The van der Waals surface area contributed by atoms with Crippen molar-refractivity contribution in [2.24, 2.45) is 5.73 Å². The summed E-state index contributed by atoms with van der Waals surface area (Å²) in [6.07, 6.45) is -0.188. The van der Waals surface area contributed by atoms with E-state index in [0.29, 0.717) is 19.8 Å². The van der Waals surface area contributed by atoms with E-state index in [1.807, 2.05) is 39.8 Å². The van der Waals surface area contributed by atoms with Crippen LogP contribution in [0.5, 0.6) is 0 Å². The standard InChI is InChI=1S/C13H23NO3/c1-10-5-6-11(17-10)12(9-14)15-7-8-16-13(2,3)4/h5-6,12H,7-9,14H2,1-4H3. The van der Waals surface area contributed by atoms with Gasteiger partial charge in [0, 0.05) is 6.54 Å². The Balaban J connectivity index is 2.33. The molecule has 0 aliphatic rings. The molecule has 1 heterocycles. The molecular formula is C13H23NO3. The van der Waals surface area contributed by atoms with Crippen LogP contribution in [0.15, 0.2) is 16.5 Å². The second-order valence-electron chi connectivity index (χ2n) is 5.00. The normalized spacial score (nSPS) is 13.9. The Morgan fingerprint density at radius 1 is 1.29 bits per heavy atom. The fraction of sp³-hybridized carbons (Fsp3) is 0.692. The van der Waals surface area contributed by atoms with Gasteiger partial charge in [-0.1, -0.05) is 0 Å². The van der Waals surface area contributed by atoms with Crippen molar-refractivity contribution in [1.29, 1.82) is 0 Å². The van der Waals surface area contributed by atoms with E-state index >= 15 is 0 Å².